The lowest BCUT2D eigenvalue weighted by atomic mass is 9.96. The molecular formula is C18H24N6O3. The lowest BCUT2D eigenvalue weighted by Crippen LogP contribution is -2.38. The largest absolute Gasteiger partial charge is 0.424 e. The number of nitrogens with zero attached hydrogens (tertiary/aromatic N) is 6. The van der Waals surface area contributed by atoms with Gasteiger partial charge >= 0.3 is 0 Å². The third-order valence-corrected chi connectivity index (χ3v) is 5.31. The van der Waals surface area contributed by atoms with Crippen molar-refractivity contribution in [3.05, 3.63) is 29.7 Å². The smallest absolute Gasteiger partial charge is 0.274 e. The van der Waals surface area contributed by atoms with E-state index in [0.717, 1.165) is 38.8 Å². The van der Waals surface area contributed by atoms with Gasteiger partial charge in [-0.3, -0.25) is 14.3 Å². The Morgan fingerprint density at radius 2 is 1.85 bits per heavy atom. The molecule has 0 radical (unpaired) electrons. The van der Waals surface area contributed by atoms with Crippen LogP contribution in [0, 0.1) is 0 Å². The Hall–Kier alpha value is -2.71. The molecule has 0 atom stereocenters. The van der Waals surface area contributed by atoms with Crippen LogP contribution in [-0.2, 0) is 18.3 Å². The molecule has 2 aliphatic rings. The van der Waals surface area contributed by atoms with E-state index in [-0.39, 0.29) is 24.2 Å². The number of piperidine rings is 1. The van der Waals surface area contributed by atoms with Crippen molar-refractivity contribution < 1.29 is 14.0 Å². The molecule has 2 saturated heterocycles. The summed E-state index contributed by atoms with van der Waals surface area (Å²) in [6.45, 7) is 2.90. The number of hydrogen-bond acceptors (Lipinski definition) is 6. The second kappa shape index (κ2) is 7.50. The fraction of sp³-hybridized carbons (Fsp3) is 0.611. The van der Waals surface area contributed by atoms with E-state index < -0.39 is 0 Å². The van der Waals surface area contributed by atoms with Gasteiger partial charge in [0.1, 0.15) is 12.1 Å². The van der Waals surface area contributed by atoms with Gasteiger partial charge in [0.15, 0.2) is 0 Å². The maximum Gasteiger partial charge on any atom is 0.274 e. The van der Waals surface area contributed by atoms with Crippen molar-refractivity contribution in [2.45, 2.75) is 38.0 Å². The van der Waals surface area contributed by atoms with E-state index in [2.05, 4.69) is 15.3 Å². The van der Waals surface area contributed by atoms with E-state index in [1.807, 2.05) is 9.80 Å². The van der Waals surface area contributed by atoms with Crippen LogP contribution in [0.15, 0.2) is 16.7 Å². The zero-order valence-corrected chi connectivity index (χ0v) is 15.5. The highest BCUT2D eigenvalue weighted by Crippen LogP contribution is 2.28. The van der Waals surface area contributed by atoms with Gasteiger partial charge in [-0.2, -0.15) is 5.10 Å². The van der Waals surface area contributed by atoms with Gasteiger partial charge in [0.05, 0.1) is 0 Å². The molecule has 0 aliphatic carbocycles. The van der Waals surface area contributed by atoms with E-state index in [4.69, 9.17) is 4.42 Å². The first-order valence-corrected chi connectivity index (χ1v) is 9.49. The number of carbonyl (C=O) groups excluding carboxylic acids is 2. The predicted molar refractivity (Wildman–Crippen MR) is 94.9 cm³/mol. The van der Waals surface area contributed by atoms with Crippen molar-refractivity contribution in [1.29, 1.82) is 0 Å². The summed E-state index contributed by atoms with van der Waals surface area (Å²) in [5.41, 5.74) is 0.469. The molecule has 0 saturated carbocycles. The molecule has 0 aromatic carbocycles. The molecule has 0 N–H and O–H groups in total. The lowest BCUT2D eigenvalue weighted by Gasteiger charge is -2.29. The van der Waals surface area contributed by atoms with Crippen molar-refractivity contribution >= 4 is 11.8 Å². The molecule has 9 heteroatoms. The Morgan fingerprint density at radius 3 is 2.52 bits per heavy atom. The number of amides is 2. The second-order valence-electron chi connectivity index (χ2n) is 7.24. The third kappa shape index (κ3) is 3.86. The molecular weight excluding hydrogens is 348 g/mol. The first kappa shape index (κ1) is 17.7. The summed E-state index contributed by atoms with van der Waals surface area (Å²) in [7, 11) is 1.80. The molecule has 9 nitrogen and oxygen atoms in total. The first-order valence-electron chi connectivity index (χ1n) is 9.49. The molecule has 2 fully saturated rings. The Labute approximate surface area is 157 Å². The SMILES string of the molecule is Cn1ccc(C(=O)N2CCC(c3nnc(CC(=O)N4CCCC4)o3)CC2)n1. The molecule has 4 heterocycles. The molecule has 144 valence electrons. The Kier molecular flexibility index (Phi) is 4.91. The summed E-state index contributed by atoms with van der Waals surface area (Å²) in [6, 6.07) is 1.73. The molecule has 2 aromatic rings. The van der Waals surface area contributed by atoms with Gasteiger partial charge in [0, 0.05) is 45.3 Å². The van der Waals surface area contributed by atoms with Gasteiger partial charge in [-0.1, -0.05) is 0 Å². The van der Waals surface area contributed by atoms with E-state index >= 15 is 0 Å². The summed E-state index contributed by atoms with van der Waals surface area (Å²) >= 11 is 0. The van der Waals surface area contributed by atoms with Gasteiger partial charge in [-0.25, -0.2) is 0 Å². The minimum Gasteiger partial charge on any atom is -0.424 e. The molecule has 4 rings (SSSR count). The maximum absolute atomic E-state index is 12.5. The van der Waals surface area contributed by atoms with Crippen LogP contribution in [0.25, 0.3) is 0 Å². The predicted octanol–water partition coefficient (Wildman–Crippen LogP) is 0.988. The van der Waals surface area contributed by atoms with Crippen LogP contribution >= 0.6 is 0 Å². The maximum atomic E-state index is 12.5. The zero-order chi connectivity index (χ0) is 18.8. The van der Waals surface area contributed by atoms with Crippen LogP contribution < -0.4 is 0 Å². The standard InChI is InChI=1S/C18H24N6O3/c1-22-9-6-14(21-22)18(26)24-10-4-13(5-11-24)17-20-19-15(27-17)12-16(25)23-7-2-3-8-23/h6,9,13H,2-5,7-8,10-12H2,1H3. The zero-order valence-electron chi connectivity index (χ0n) is 15.5. The number of aromatic nitrogens is 4. The Balaban J connectivity index is 1.31. The van der Waals surface area contributed by atoms with Crippen LogP contribution in [0.2, 0.25) is 0 Å². The number of hydrogen-bond donors (Lipinski definition) is 0. The van der Waals surface area contributed by atoms with Crippen LogP contribution in [0.3, 0.4) is 0 Å². The number of carbonyl (C=O) groups is 2. The number of likely N-dealkylation sites (tertiary alicyclic amines) is 2. The third-order valence-electron chi connectivity index (χ3n) is 5.31. The van der Waals surface area contributed by atoms with E-state index in [9.17, 15) is 9.59 Å². The van der Waals surface area contributed by atoms with Crippen LogP contribution in [0.1, 0.15) is 53.9 Å². The van der Waals surface area contributed by atoms with Crippen LogP contribution in [-0.4, -0.2) is 67.8 Å². The highest BCUT2D eigenvalue weighted by molar-refractivity contribution is 5.92. The van der Waals surface area contributed by atoms with E-state index in [0.29, 0.717) is 30.6 Å². The molecule has 0 spiro atoms. The van der Waals surface area contributed by atoms with Crippen molar-refractivity contribution in [3.63, 3.8) is 0 Å². The van der Waals surface area contributed by atoms with E-state index in [1.165, 1.54) is 0 Å². The summed E-state index contributed by atoms with van der Waals surface area (Å²) in [5.74, 6) is 1.09. The second-order valence-corrected chi connectivity index (χ2v) is 7.24. The first-order chi connectivity index (χ1) is 13.1. The van der Waals surface area contributed by atoms with Crippen molar-refractivity contribution in [2.75, 3.05) is 26.2 Å². The van der Waals surface area contributed by atoms with Crippen molar-refractivity contribution in [2.24, 2.45) is 7.05 Å². The van der Waals surface area contributed by atoms with Gasteiger partial charge in [0.25, 0.3) is 5.91 Å². The fourth-order valence-corrected chi connectivity index (χ4v) is 3.73. The average molecular weight is 372 g/mol. The number of rotatable bonds is 4. The molecule has 2 aromatic heterocycles. The molecule has 2 aliphatic heterocycles. The minimum atomic E-state index is -0.0449. The minimum absolute atomic E-state index is 0.0449. The topological polar surface area (TPSA) is 97.4 Å². The normalized spacial score (nSPS) is 18.3. The molecule has 0 bridgehead atoms. The summed E-state index contributed by atoms with van der Waals surface area (Å²) < 4.78 is 7.38. The van der Waals surface area contributed by atoms with Crippen molar-refractivity contribution in [3.8, 4) is 0 Å². The van der Waals surface area contributed by atoms with Gasteiger partial charge in [-0.15, -0.1) is 10.2 Å². The fourth-order valence-electron chi connectivity index (χ4n) is 3.73. The number of aryl methyl sites for hydroxylation is 1. The lowest BCUT2D eigenvalue weighted by molar-refractivity contribution is -0.129. The average Bonchev–Trinajstić information content (AvgIpc) is 3.43. The van der Waals surface area contributed by atoms with Crippen LogP contribution in [0.5, 0.6) is 0 Å². The quantitative estimate of drug-likeness (QED) is 0.794. The highest BCUT2D eigenvalue weighted by atomic mass is 16.4. The Morgan fingerprint density at radius 1 is 1.11 bits per heavy atom. The molecule has 27 heavy (non-hydrogen) atoms. The van der Waals surface area contributed by atoms with Gasteiger partial charge < -0.3 is 14.2 Å². The summed E-state index contributed by atoms with van der Waals surface area (Å²) in [6.07, 6.45) is 5.60. The highest BCUT2D eigenvalue weighted by Gasteiger charge is 2.29. The van der Waals surface area contributed by atoms with Gasteiger partial charge in [0.2, 0.25) is 17.7 Å². The summed E-state index contributed by atoms with van der Waals surface area (Å²) in [5, 5.41) is 12.4. The molecule has 2 amide bonds. The van der Waals surface area contributed by atoms with E-state index in [1.54, 1.807) is 24.0 Å². The Bertz CT molecular complexity index is 815. The summed E-state index contributed by atoms with van der Waals surface area (Å²) in [4.78, 5) is 28.3. The van der Waals surface area contributed by atoms with Crippen molar-refractivity contribution in [1.82, 2.24) is 29.8 Å². The van der Waals surface area contributed by atoms with Gasteiger partial charge in [-0.05, 0) is 31.7 Å². The monoisotopic (exact) mass is 372 g/mol. The van der Waals surface area contributed by atoms with Crippen LogP contribution in [0.4, 0.5) is 0 Å². The molecule has 0 unspecified atom stereocenters.